The molecule has 0 saturated carbocycles. The summed E-state index contributed by atoms with van der Waals surface area (Å²) >= 11 is 3.44. The minimum atomic E-state index is -0.527. The molecule has 0 saturated heterocycles. The molecular weight excluding hydrogens is 484 g/mol. The van der Waals surface area contributed by atoms with Gasteiger partial charge in [0.05, 0.1) is 23.6 Å². The van der Waals surface area contributed by atoms with Crippen molar-refractivity contribution in [2.75, 3.05) is 33.8 Å². The van der Waals surface area contributed by atoms with Gasteiger partial charge in [-0.05, 0) is 62.3 Å². The van der Waals surface area contributed by atoms with E-state index in [-0.39, 0.29) is 17.1 Å². The first-order valence-corrected chi connectivity index (χ1v) is 12.0. The molecule has 6 nitrogen and oxygen atoms in total. The molecule has 0 fully saturated rings. The van der Waals surface area contributed by atoms with Gasteiger partial charge in [0.1, 0.15) is 11.3 Å². The Labute approximate surface area is 202 Å². The van der Waals surface area contributed by atoms with Gasteiger partial charge in [-0.1, -0.05) is 41.9 Å². The number of fused-ring (bicyclic) bond motifs is 2. The predicted molar refractivity (Wildman–Crippen MR) is 133 cm³/mol. The van der Waals surface area contributed by atoms with Gasteiger partial charge in [-0.2, -0.15) is 0 Å². The molecule has 3 aromatic rings. The molecule has 1 atom stereocenters. The van der Waals surface area contributed by atoms with Crippen LogP contribution in [0.5, 0.6) is 5.75 Å². The molecule has 1 amide bonds. The first kappa shape index (κ1) is 23.5. The lowest BCUT2D eigenvalue weighted by Crippen LogP contribution is -2.35. The van der Waals surface area contributed by atoms with Crippen molar-refractivity contribution in [3.8, 4) is 5.75 Å². The topological polar surface area (TPSA) is 63.0 Å². The van der Waals surface area contributed by atoms with Gasteiger partial charge in [0.2, 0.25) is 5.76 Å². The summed E-state index contributed by atoms with van der Waals surface area (Å²) in [4.78, 5) is 30.8. The van der Waals surface area contributed by atoms with Crippen molar-refractivity contribution in [3.05, 3.63) is 74.0 Å². The first-order chi connectivity index (χ1) is 15.8. The molecule has 1 aliphatic rings. The van der Waals surface area contributed by atoms with Crippen LogP contribution in [0, 0.1) is 5.92 Å². The molecule has 0 aliphatic carbocycles. The van der Waals surface area contributed by atoms with Crippen molar-refractivity contribution >= 4 is 32.8 Å². The van der Waals surface area contributed by atoms with E-state index in [0.29, 0.717) is 42.1 Å². The fourth-order valence-electron chi connectivity index (χ4n) is 4.06. The lowest BCUT2D eigenvalue weighted by molar-refractivity contribution is 0.0716. The van der Waals surface area contributed by atoms with E-state index in [1.165, 1.54) is 0 Å². The van der Waals surface area contributed by atoms with Crippen molar-refractivity contribution < 1.29 is 13.9 Å². The molecule has 33 heavy (non-hydrogen) atoms. The zero-order valence-corrected chi connectivity index (χ0v) is 21.0. The van der Waals surface area contributed by atoms with Crippen LogP contribution in [0.2, 0.25) is 0 Å². The summed E-state index contributed by atoms with van der Waals surface area (Å²) in [5.41, 5.74) is 1.46. The van der Waals surface area contributed by atoms with Crippen LogP contribution < -0.4 is 10.2 Å². The number of likely N-dealkylation sites (N-methyl/N-ethyl adjacent to an activating group) is 1. The number of carbonyl (C=O) groups is 1. The summed E-state index contributed by atoms with van der Waals surface area (Å²) in [6.45, 7) is 6.07. The van der Waals surface area contributed by atoms with Crippen LogP contribution in [0.25, 0.3) is 11.0 Å². The lowest BCUT2D eigenvalue weighted by Gasteiger charge is -2.26. The smallest absolute Gasteiger partial charge is 0.290 e. The van der Waals surface area contributed by atoms with E-state index in [1.54, 1.807) is 23.1 Å². The number of amides is 1. The van der Waals surface area contributed by atoms with Gasteiger partial charge >= 0.3 is 0 Å². The highest BCUT2D eigenvalue weighted by atomic mass is 79.9. The first-order valence-electron chi connectivity index (χ1n) is 11.2. The number of benzene rings is 2. The van der Waals surface area contributed by atoms with E-state index >= 15 is 0 Å². The minimum Gasteiger partial charge on any atom is -0.494 e. The molecule has 174 valence electrons. The maximum atomic E-state index is 13.6. The number of hydrogen-bond donors (Lipinski definition) is 0. The molecule has 2 heterocycles. The van der Waals surface area contributed by atoms with Gasteiger partial charge in [-0.25, -0.2) is 0 Å². The number of halogens is 1. The fourth-order valence-corrected chi connectivity index (χ4v) is 4.43. The molecule has 4 rings (SSSR count). The maximum Gasteiger partial charge on any atom is 0.290 e. The number of nitrogens with zero attached hydrogens (tertiary/aromatic N) is 2. The van der Waals surface area contributed by atoms with Gasteiger partial charge in [0.25, 0.3) is 5.91 Å². The monoisotopic (exact) mass is 512 g/mol. The Kier molecular flexibility index (Phi) is 6.91. The third-order valence-electron chi connectivity index (χ3n) is 5.85. The van der Waals surface area contributed by atoms with Crippen molar-refractivity contribution in [1.29, 1.82) is 0 Å². The molecule has 1 aliphatic heterocycles. The van der Waals surface area contributed by atoms with Crippen LogP contribution in [0.15, 0.2) is 56.1 Å². The van der Waals surface area contributed by atoms with Gasteiger partial charge in [0, 0.05) is 17.6 Å². The van der Waals surface area contributed by atoms with E-state index < -0.39 is 6.04 Å². The predicted octanol–water partition coefficient (Wildman–Crippen LogP) is 5.09. The third kappa shape index (κ3) is 4.84. The van der Waals surface area contributed by atoms with Crippen molar-refractivity contribution in [2.45, 2.75) is 26.3 Å². The van der Waals surface area contributed by atoms with Gasteiger partial charge in [-0.3, -0.25) is 9.59 Å². The molecule has 1 unspecified atom stereocenters. The second kappa shape index (κ2) is 9.69. The van der Waals surface area contributed by atoms with Gasteiger partial charge < -0.3 is 19.0 Å². The summed E-state index contributed by atoms with van der Waals surface area (Å²) in [5.74, 6) is 1.15. The number of hydrogen-bond acceptors (Lipinski definition) is 5. The standard InChI is InChI=1S/C26H29BrN2O4/c1-16(2)10-13-32-19-7-5-6-17(14-19)23-22-24(30)20-15-18(27)8-9-21(20)33-25(22)26(31)29(23)12-11-28(3)4/h5-9,14-16,23H,10-13H2,1-4H3. The number of carbonyl (C=O) groups excluding carboxylic acids is 1. The number of ether oxygens (including phenoxy) is 1. The van der Waals surface area contributed by atoms with E-state index in [4.69, 9.17) is 9.15 Å². The van der Waals surface area contributed by atoms with Crippen LogP contribution in [0.4, 0.5) is 0 Å². The Morgan fingerprint density at radius 3 is 2.67 bits per heavy atom. The van der Waals surface area contributed by atoms with Crippen LogP contribution in [0.3, 0.4) is 0 Å². The zero-order chi connectivity index (χ0) is 23.7. The average molecular weight is 513 g/mol. The summed E-state index contributed by atoms with van der Waals surface area (Å²) in [7, 11) is 3.92. The van der Waals surface area contributed by atoms with Crippen molar-refractivity contribution in [2.24, 2.45) is 5.92 Å². The van der Waals surface area contributed by atoms with Crippen molar-refractivity contribution in [1.82, 2.24) is 9.80 Å². The summed E-state index contributed by atoms with van der Waals surface area (Å²) < 4.78 is 12.8. The van der Waals surface area contributed by atoms with Crippen LogP contribution in [-0.2, 0) is 0 Å². The Bertz CT molecular complexity index is 1230. The number of rotatable bonds is 8. The van der Waals surface area contributed by atoms with E-state index in [0.717, 1.165) is 22.2 Å². The molecule has 1 aromatic heterocycles. The quantitative estimate of drug-likeness (QED) is 0.420. The normalized spacial score (nSPS) is 15.7. The molecular formula is C26H29BrN2O4. The highest BCUT2D eigenvalue weighted by molar-refractivity contribution is 9.10. The summed E-state index contributed by atoms with van der Waals surface area (Å²) in [6.07, 6.45) is 0.953. The van der Waals surface area contributed by atoms with Crippen molar-refractivity contribution in [3.63, 3.8) is 0 Å². The van der Waals surface area contributed by atoms with Crippen LogP contribution in [-0.4, -0.2) is 49.5 Å². The second-order valence-electron chi connectivity index (χ2n) is 9.12. The molecule has 7 heteroatoms. The van der Waals surface area contributed by atoms with E-state index in [1.807, 2.05) is 43.3 Å². The highest BCUT2D eigenvalue weighted by Crippen LogP contribution is 2.39. The van der Waals surface area contributed by atoms with E-state index in [9.17, 15) is 9.59 Å². The minimum absolute atomic E-state index is 0.129. The Balaban J connectivity index is 1.81. The Morgan fingerprint density at radius 1 is 1.15 bits per heavy atom. The molecule has 0 N–H and O–H groups in total. The highest BCUT2D eigenvalue weighted by Gasteiger charge is 2.42. The maximum absolute atomic E-state index is 13.6. The fraction of sp³-hybridized carbons (Fsp3) is 0.385. The van der Waals surface area contributed by atoms with Gasteiger partial charge in [-0.15, -0.1) is 0 Å². The Hall–Kier alpha value is -2.64. The molecule has 0 spiro atoms. The van der Waals surface area contributed by atoms with Crippen LogP contribution in [0.1, 0.15) is 48.0 Å². The van der Waals surface area contributed by atoms with Gasteiger partial charge in [0.15, 0.2) is 5.43 Å². The summed E-state index contributed by atoms with van der Waals surface area (Å²) in [6, 6.07) is 12.4. The Morgan fingerprint density at radius 2 is 1.94 bits per heavy atom. The molecule has 0 radical (unpaired) electrons. The third-order valence-corrected chi connectivity index (χ3v) is 6.35. The zero-order valence-electron chi connectivity index (χ0n) is 19.4. The second-order valence-corrected chi connectivity index (χ2v) is 10.0. The molecule has 2 aromatic carbocycles. The average Bonchev–Trinajstić information content (AvgIpc) is 3.05. The van der Waals surface area contributed by atoms with Crippen LogP contribution >= 0.6 is 15.9 Å². The SMILES string of the molecule is CC(C)CCOc1cccc(C2c3c(oc4ccc(Br)cc4c3=O)C(=O)N2CCN(C)C)c1. The lowest BCUT2D eigenvalue weighted by atomic mass is 9.98. The van der Waals surface area contributed by atoms with E-state index in [2.05, 4.69) is 29.8 Å². The largest absolute Gasteiger partial charge is 0.494 e. The molecule has 0 bridgehead atoms. The summed E-state index contributed by atoms with van der Waals surface area (Å²) in [5, 5.41) is 0.458.